The van der Waals surface area contributed by atoms with E-state index in [-0.39, 0.29) is 18.3 Å². The van der Waals surface area contributed by atoms with Gasteiger partial charge in [-0.1, -0.05) is 71.7 Å². The van der Waals surface area contributed by atoms with E-state index in [0.717, 1.165) is 54.2 Å². The van der Waals surface area contributed by atoms with E-state index in [1.165, 1.54) is 11.1 Å². The summed E-state index contributed by atoms with van der Waals surface area (Å²) in [7, 11) is 0. The van der Waals surface area contributed by atoms with Crippen LogP contribution in [0.25, 0.3) is 6.08 Å². The third-order valence-corrected chi connectivity index (χ3v) is 9.48. The van der Waals surface area contributed by atoms with Gasteiger partial charge in [0.05, 0.1) is 24.4 Å². The van der Waals surface area contributed by atoms with Crippen LogP contribution in [-0.2, 0) is 24.4 Å². The first-order chi connectivity index (χ1) is 25.8. The highest BCUT2D eigenvalue weighted by atomic mass is 35.5. The van der Waals surface area contributed by atoms with E-state index in [4.69, 9.17) is 42.1 Å². The van der Waals surface area contributed by atoms with Crippen molar-refractivity contribution < 1.29 is 23.7 Å². The molecule has 0 unspecified atom stereocenters. The van der Waals surface area contributed by atoms with Gasteiger partial charge in [0.25, 0.3) is 0 Å². The molecule has 0 aliphatic carbocycles. The van der Waals surface area contributed by atoms with E-state index in [0.29, 0.717) is 60.3 Å². The summed E-state index contributed by atoms with van der Waals surface area (Å²) in [6, 6.07) is 31.2. The highest BCUT2D eigenvalue weighted by Crippen LogP contribution is 2.34. The normalized spacial score (nSPS) is 13.0. The smallest absolute Gasteiger partial charge is 0.246 e. The van der Waals surface area contributed by atoms with Crippen LogP contribution in [0, 0.1) is 6.92 Å². The highest BCUT2D eigenvalue weighted by Gasteiger charge is 2.20. The minimum absolute atomic E-state index is 0. The molecule has 0 saturated carbocycles. The topological polar surface area (TPSA) is 73.4 Å². The summed E-state index contributed by atoms with van der Waals surface area (Å²) in [5.41, 5.74) is 5.02. The van der Waals surface area contributed by atoms with Crippen LogP contribution in [0.3, 0.4) is 0 Å². The zero-order valence-corrected chi connectivity index (χ0v) is 32.7. The number of benzene rings is 4. The van der Waals surface area contributed by atoms with Gasteiger partial charge >= 0.3 is 0 Å². The summed E-state index contributed by atoms with van der Waals surface area (Å²) < 4.78 is 23.3. The fourth-order valence-electron chi connectivity index (χ4n) is 5.95. The van der Waals surface area contributed by atoms with Gasteiger partial charge in [-0.15, -0.1) is 12.4 Å². The Hall–Kier alpha value is -4.73. The lowest BCUT2D eigenvalue weighted by atomic mass is 10.1. The lowest BCUT2D eigenvalue weighted by Crippen LogP contribution is -2.47. The summed E-state index contributed by atoms with van der Waals surface area (Å²) in [6.45, 7) is 9.27. The molecule has 6 rings (SSSR count). The molecule has 5 aromatic rings. The molecular weight excluding hydrogens is 745 g/mol. The summed E-state index contributed by atoms with van der Waals surface area (Å²) in [5, 5.41) is 1.08. The number of piperazine rings is 1. The summed E-state index contributed by atoms with van der Waals surface area (Å²) in [5.74, 6) is 3.10. The maximum Gasteiger partial charge on any atom is 0.246 e. The molecular formula is C43H44Cl3N3O5. The molecule has 1 amide bonds. The van der Waals surface area contributed by atoms with E-state index >= 15 is 0 Å². The first-order valence-electron chi connectivity index (χ1n) is 17.8. The molecule has 2 heterocycles. The van der Waals surface area contributed by atoms with Gasteiger partial charge < -0.3 is 23.8 Å². The van der Waals surface area contributed by atoms with Crippen molar-refractivity contribution in [3.05, 3.63) is 147 Å². The van der Waals surface area contributed by atoms with Crippen molar-refractivity contribution in [2.75, 3.05) is 39.4 Å². The zero-order chi connectivity index (χ0) is 37.0. The minimum atomic E-state index is -0.0176. The monoisotopic (exact) mass is 787 g/mol. The number of hydrogen-bond acceptors (Lipinski definition) is 7. The fourth-order valence-corrected chi connectivity index (χ4v) is 6.46. The number of nitrogens with zero attached hydrogens (tertiary/aromatic N) is 3. The number of halogens is 3. The largest absolute Gasteiger partial charge is 0.494 e. The molecule has 1 aliphatic heterocycles. The number of hydrogen-bond donors (Lipinski definition) is 0. The van der Waals surface area contributed by atoms with Crippen molar-refractivity contribution >= 4 is 47.6 Å². The Morgan fingerprint density at radius 2 is 1.54 bits per heavy atom. The number of carbonyl (C=O) groups excluding carboxylic acids is 1. The quantitative estimate of drug-likeness (QED) is 0.0979. The Kier molecular flexibility index (Phi) is 15.1. The van der Waals surface area contributed by atoms with Crippen molar-refractivity contribution in [2.45, 2.75) is 33.4 Å². The third-order valence-electron chi connectivity index (χ3n) is 8.83. The van der Waals surface area contributed by atoms with Gasteiger partial charge in [-0.05, 0) is 78.6 Å². The lowest BCUT2D eigenvalue weighted by molar-refractivity contribution is -0.127. The Balaban J connectivity index is 0.00000561. The molecule has 0 spiro atoms. The van der Waals surface area contributed by atoms with E-state index < -0.39 is 0 Å². The minimum Gasteiger partial charge on any atom is -0.494 e. The lowest BCUT2D eigenvalue weighted by Gasteiger charge is -2.34. The average molecular weight is 789 g/mol. The molecule has 0 bridgehead atoms. The summed E-state index contributed by atoms with van der Waals surface area (Å²) in [4.78, 5) is 21.7. The van der Waals surface area contributed by atoms with Crippen molar-refractivity contribution in [1.29, 1.82) is 0 Å². The fraction of sp³-hybridized carbons (Fsp3) is 0.256. The molecule has 1 saturated heterocycles. The number of carbonyl (C=O) groups is 1. The maximum atomic E-state index is 13.1. The van der Waals surface area contributed by atoms with Crippen LogP contribution in [-0.4, -0.2) is 60.1 Å². The van der Waals surface area contributed by atoms with E-state index in [1.807, 2.05) is 73.3 Å². The maximum absolute atomic E-state index is 13.1. The summed E-state index contributed by atoms with van der Waals surface area (Å²) in [6.07, 6.45) is 5.83. The van der Waals surface area contributed by atoms with Gasteiger partial charge in [-0.2, -0.15) is 0 Å². The second-order valence-corrected chi connectivity index (χ2v) is 13.5. The number of amides is 1. The van der Waals surface area contributed by atoms with Gasteiger partial charge in [0.1, 0.15) is 23.9 Å². The molecule has 54 heavy (non-hydrogen) atoms. The molecule has 1 fully saturated rings. The van der Waals surface area contributed by atoms with E-state index in [2.05, 4.69) is 34.1 Å². The van der Waals surface area contributed by atoms with Crippen LogP contribution in [0.15, 0.2) is 109 Å². The molecule has 0 radical (unpaired) electrons. The number of aryl methyl sites for hydroxylation is 1. The molecule has 1 aliphatic rings. The van der Waals surface area contributed by atoms with Gasteiger partial charge in [-0.3, -0.25) is 9.69 Å². The Bertz CT molecular complexity index is 1980. The van der Waals surface area contributed by atoms with Crippen LogP contribution < -0.4 is 18.9 Å². The Labute approximate surface area is 333 Å². The van der Waals surface area contributed by atoms with Crippen LogP contribution >= 0.6 is 35.6 Å². The van der Waals surface area contributed by atoms with Crippen LogP contribution in [0.1, 0.15) is 34.7 Å². The molecule has 282 valence electrons. The van der Waals surface area contributed by atoms with Gasteiger partial charge in [0.15, 0.2) is 5.75 Å². The number of ether oxygens (including phenoxy) is 4. The molecule has 4 aromatic carbocycles. The first kappa shape index (κ1) is 40.5. The van der Waals surface area contributed by atoms with Crippen molar-refractivity contribution in [2.24, 2.45) is 0 Å². The average Bonchev–Trinajstić information content (AvgIpc) is 3.17. The molecule has 0 N–H and O–H groups in total. The predicted octanol–water partition coefficient (Wildman–Crippen LogP) is 9.87. The molecule has 11 heteroatoms. The van der Waals surface area contributed by atoms with Crippen molar-refractivity contribution in [3.63, 3.8) is 0 Å². The number of pyridine rings is 1. The van der Waals surface area contributed by atoms with Gasteiger partial charge in [0.2, 0.25) is 11.8 Å². The second kappa shape index (κ2) is 20.1. The number of aromatic nitrogens is 1. The molecule has 8 nitrogen and oxygen atoms in total. The van der Waals surface area contributed by atoms with Crippen LogP contribution in [0.2, 0.25) is 10.0 Å². The number of rotatable bonds is 15. The summed E-state index contributed by atoms with van der Waals surface area (Å²) >= 11 is 12.8. The highest BCUT2D eigenvalue weighted by molar-refractivity contribution is 6.32. The van der Waals surface area contributed by atoms with Crippen LogP contribution in [0.4, 0.5) is 0 Å². The molecule has 0 atom stereocenters. The van der Waals surface area contributed by atoms with Crippen molar-refractivity contribution in [1.82, 2.24) is 14.8 Å². The zero-order valence-electron chi connectivity index (χ0n) is 30.4. The third kappa shape index (κ3) is 11.6. The van der Waals surface area contributed by atoms with Crippen LogP contribution in [0.5, 0.6) is 28.9 Å². The SMILES string of the molecule is CCOc1cccc(OCCc2ccc(CN3CCN(C(=O)/C=C/c4cc(C)c(Oc5ccc(OCc6ccccc6Cl)cn5)c(Cl)c4)CC3)cc2)c1.Cl. The Morgan fingerprint density at radius 1 is 0.796 bits per heavy atom. The van der Waals surface area contributed by atoms with Gasteiger partial charge in [0, 0.05) is 67.9 Å². The Morgan fingerprint density at radius 3 is 2.24 bits per heavy atom. The predicted molar refractivity (Wildman–Crippen MR) is 218 cm³/mol. The standard InChI is InChI=1S/C43H43Cl2N3O5.ClH/c1-3-50-36-8-6-9-37(27-36)51-24-19-32-11-13-33(14-12-32)29-47-20-22-48(23-21-47)42(49)18-15-34-25-31(2)43(40(45)26-34)53-41-17-16-38(28-46-41)52-30-35-7-4-5-10-39(35)44;/h4-18,25-28H,3,19-24,29-30H2,1-2H3;1H/b18-15+;. The van der Waals surface area contributed by atoms with Crippen molar-refractivity contribution in [3.8, 4) is 28.9 Å². The second-order valence-electron chi connectivity index (χ2n) is 12.7. The molecule has 1 aromatic heterocycles. The van der Waals surface area contributed by atoms with E-state index in [9.17, 15) is 4.79 Å². The first-order valence-corrected chi connectivity index (χ1v) is 18.5. The van der Waals surface area contributed by atoms with E-state index in [1.54, 1.807) is 36.5 Å². The van der Waals surface area contributed by atoms with Gasteiger partial charge in [-0.25, -0.2) is 4.98 Å².